The van der Waals surface area contributed by atoms with E-state index in [-0.39, 0.29) is 24.1 Å². The Balaban J connectivity index is 1.44. The molecule has 0 aromatic heterocycles. The van der Waals surface area contributed by atoms with E-state index in [2.05, 4.69) is 10.2 Å². The van der Waals surface area contributed by atoms with Gasteiger partial charge in [-0.1, -0.05) is 12.1 Å². The number of rotatable bonds is 7. The molecule has 1 amide bonds. The molecule has 0 radical (unpaired) electrons. The van der Waals surface area contributed by atoms with Crippen molar-refractivity contribution in [3.8, 4) is 11.5 Å². The first-order valence-electron chi connectivity index (χ1n) is 13.8. The van der Waals surface area contributed by atoms with Crippen molar-refractivity contribution < 1.29 is 23.9 Å². The summed E-state index contributed by atoms with van der Waals surface area (Å²) in [4.78, 5) is 41.2. The number of hydrogen-bond acceptors (Lipinski definition) is 6. The second kappa shape index (κ2) is 11.1. The molecule has 7 nitrogen and oxygen atoms in total. The Morgan fingerprint density at radius 2 is 1.54 bits per heavy atom. The molecule has 1 aliphatic heterocycles. The molecule has 3 aliphatic rings. The van der Waals surface area contributed by atoms with Crippen LogP contribution in [0.4, 0.5) is 5.69 Å². The summed E-state index contributed by atoms with van der Waals surface area (Å²) in [6.45, 7) is 6.14. The number of hydrogen-bond donors (Lipinski definition) is 1. The fourth-order valence-electron chi connectivity index (χ4n) is 5.94. The van der Waals surface area contributed by atoms with Gasteiger partial charge in [0.15, 0.2) is 29.7 Å². The first-order valence-corrected chi connectivity index (χ1v) is 13.8. The van der Waals surface area contributed by atoms with Gasteiger partial charge in [-0.25, -0.2) is 0 Å². The molecule has 5 rings (SSSR count). The SMILES string of the molecule is CCOc1cc(C2C3=C(CCCC3=O)N(C)C3=C2C(=O)CCC3)ccc1OCC(=O)Nc1ccc(C)c(C)c1. The Hall–Kier alpha value is -3.87. The summed E-state index contributed by atoms with van der Waals surface area (Å²) in [5.74, 6) is 0.470. The van der Waals surface area contributed by atoms with Crippen molar-refractivity contribution in [2.24, 2.45) is 0 Å². The number of benzene rings is 2. The topological polar surface area (TPSA) is 84.9 Å². The predicted molar refractivity (Wildman–Crippen MR) is 150 cm³/mol. The number of anilines is 1. The largest absolute Gasteiger partial charge is 0.490 e. The number of carbonyl (C=O) groups excluding carboxylic acids is 3. The molecule has 7 heteroatoms. The summed E-state index contributed by atoms with van der Waals surface area (Å²) in [6.07, 6.45) is 4.30. The molecule has 204 valence electrons. The number of ketones is 2. The Morgan fingerprint density at radius 3 is 2.15 bits per heavy atom. The number of allylic oxidation sites excluding steroid dienone is 4. The summed E-state index contributed by atoms with van der Waals surface area (Å²) in [6, 6.07) is 11.3. The van der Waals surface area contributed by atoms with E-state index in [4.69, 9.17) is 9.47 Å². The third kappa shape index (κ3) is 5.22. The Morgan fingerprint density at radius 1 is 0.872 bits per heavy atom. The van der Waals surface area contributed by atoms with E-state index in [1.54, 1.807) is 6.07 Å². The van der Waals surface area contributed by atoms with Crippen molar-refractivity contribution in [2.75, 3.05) is 25.6 Å². The maximum absolute atomic E-state index is 13.3. The molecule has 0 spiro atoms. The zero-order chi connectivity index (χ0) is 27.7. The van der Waals surface area contributed by atoms with Crippen LogP contribution < -0.4 is 14.8 Å². The van der Waals surface area contributed by atoms with Crippen LogP contribution >= 0.6 is 0 Å². The van der Waals surface area contributed by atoms with Gasteiger partial charge in [-0.15, -0.1) is 0 Å². The zero-order valence-corrected chi connectivity index (χ0v) is 23.2. The fourth-order valence-corrected chi connectivity index (χ4v) is 5.94. The number of nitrogens with one attached hydrogen (secondary N) is 1. The molecule has 39 heavy (non-hydrogen) atoms. The van der Waals surface area contributed by atoms with Gasteiger partial charge in [0, 0.05) is 54.0 Å². The van der Waals surface area contributed by atoms with Gasteiger partial charge in [-0.2, -0.15) is 0 Å². The summed E-state index contributed by atoms with van der Waals surface area (Å²) < 4.78 is 11.8. The number of Topliss-reactive ketones (excluding diaryl/α,β-unsaturated/α-hetero) is 2. The molecule has 1 heterocycles. The lowest BCUT2D eigenvalue weighted by Gasteiger charge is -2.42. The van der Waals surface area contributed by atoms with E-state index in [0.717, 1.165) is 70.6 Å². The van der Waals surface area contributed by atoms with Gasteiger partial charge in [0.25, 0.3) is 5.91 Å². The van der Waals surface area contributed by atoms with E-state index < -0.39 is 5.92 Å². The van der Waals surface area contributed by atoms with Crippen molar-refractivity contribution in [3.05, 3.63) is 75.6 Å². The second-order valence-electron chi connectivity index (χ2n) is 10.5. The zero-order valence-electron chi connectivity index (χ0n) is 23.2. The van der Waals surface area contributed by atoms with Gasteiger partial charge >= 0.3 is 0 Å². The van der Waals surface area contributed by atoms with Crippen molar-refractivity contribution in [2.45, 2.75) is 65.2 Å². The lowest BCUT2D eigenvalue weighted by Crippen LogP contribution is -2.37. The lowest BCUT2D eigenvalue weighted by atomic mass is 9.71. The van der Waals surface area contributed by atoms with Crippen LogP contribution in [-0.2, 0) is 14.4 Å². The third-order valence-corrected chi connectivity index (χ3v) is 7.99. The minimum Gasteiger partial charge on any atom is -0.490 e. The number of amides is 1. The normalized spacial score (nSPS) is 17.7. The van der Waals surface area contributed by atoms with E-state index in [9.17, 15) is 14.4 Å². The van der Waals surface area contributed by atoms with E-state index >= 15 is 0 Å². The van der Waals surface area contributed by atoms with Crippen LogP contribution in [-0.4, -0.2) is 42.6 Å². The minimum absolute atomic E-state index is 0.110. The van der Waals surface area contributed by atoms with Gasteiger partial charge in [-0.05, 0) is 87.4 Å². The molecule has 2 aliphatic carbocycles. The van der Waals surface area contributed by atoms with E-state index in [1.165, 1.54) is 0 Å². The minimum atomic E-state index is -0.409. The lowest BCUT2D eigenvalue weighted by molar-refractivity contribution is -0.118. The number of nitrogens with zero attached hydrogens (tertiary/aromatic N) is 1. The van der Waals surface area contributed by atoms with Crippen LogP contribution in [0.3, 0.4) is 0 Å². The standard InChI is InChI=1S/C32H36N2O5/c1-5-38-28-17-21(13-15-27(28)39-18-29(37)33-22-14-12-19(2)20(3)16-22)30-31-23(8-6-10-25(31)35)34(4)24-9-7-11-26(36)32(24)30/h12-17,30H,5-11,18H2,1-4H3,(H,33,37). The van der Waals surface area contributed by atoms with E-state index in [1.807, 2.05) is 58.2 Å². The van der Waals surface area contributed by atoms with E-state index in [0.29, 0.717) is 30.9 Å². The average Bonchev–Trinajstić information content (AvgIpc) is 2.91. The quantitative estimate of drug-likeness (QED) is 0.492. The summed E-state index contributed by atoms with van der Waals surface area (Å²) in [5, 5.41) is 2.87. The van der Waals surface area contributed by atoms with Crippen LogP contribution in [0.15, 0.2) is 58.9 Å². The maximum Gasteiger partial charge on any atom is 0.262 e. The summed E-state index contributed by atoms with van der Waals surface area (Å²) in [5.41, 5.74) is 7.35. The second-order valence-corrected chi connectivity index (χ2v) is 10.5. The van der Waals surface area contributed by atoms with Crippen molar-refractivity contribution in [3.63, 3.8) is 0 Å². The molecule has 0 saturated carbocycles. The number of ether oxygens (including phenoxy) is 2. The van der Waals surface area contributed by atoms with Gasteiger partial charge < -0.3 is 19.7 Å². The third-order valence-electron chi connectivity index (χ3n) is 7.99. The molecule has 0 bridgehead atoms. The van der Waals surface area contributed by atoms with Gasteiger partial charge in [0.05, 0.1) is 6.61 Å². The van der Waals surface area contributed by atoms with Crippen LogP contribution in [0.2, 0.25) is 0 Å². The maximum atomic E-state index is 13.3. The molecule has 0 saturated heterocycles. The number of carbonyl (C=O) groups is 3. The summed E-state index contributed by atoms with van der Waals surface area (Å²) in [7, 11) is 1.99. The van der Waals surface area contributed by atoms with Gasteiger partial charge in [-0.3, -0.25) is 14.4 Å². The molecule has 2 aromatic rings. The fraction of sp³-hybridized carbons (Fsp3) is 0.406. The number of aryl methyl sites for hydroxylation is 2. The van der Waals surface area contributed by atoms with Gasteiger partial charge in [0.2, 0.25) is 0 Å². The molecular formula is C32H36N2O5. The van der Waals surface area contributed by atoms with Crippen LogP contribution in [0.1, 0.15) is 68.1 Å². The monoisotopic (exact) mass is 528 g/mol. The van der Waals surface area contributed by atoms with Crippen LogP contribution in [0, 0.1) is 13.8 Å². The molecule has 1 N–H and O–H groups in total. The molecular weight excluding hydrogens is 492 g/mol. The first kappa shape index (κ1) is 26.7. The molecule has 0 unspecified atom stereocenters. The predicted octanol–water partition coefficient (Wildman–Crippen LogP) is 5.76. The Bertz CT molecular complexity index is 1360. The van der Waals surface area contributed by atoms with Crippen molar-refractivity contribution in [1.82, 2.24) is 4.90 Å². The Labute approximate surface area is 229 Å². The summed E-state index contributed by atoms with van der Waals surface area (Å²) >= 11 is 0. The average molecular weight is 529 g/mol. The van der Waals surface area contributed by atoms with Crippen molar-refractivity contribution in [1.29, 1.82) is 0 Å². The Kier molecular flexibility index (Phi) is 7.60. The van der Waals surface area contributed by atoms with Crippen LogP contribution in [0.5, 0.6) is 11.5 Å². The van der Waals surface area contributed by atoms with Crippen LogP contribution in [0.25, 0.3) is 0 Å². The molecule has 2 aromatic carbocycles. The van der Waals surface area contributed by atoms with Crippen molar-refractivity contribution >= 4 is 23.2 Å². The van der Waals surface area contributed by atoms with Gasteiger partial charge in [0.1, 0.15) is 0 Å². The molecule has 0 atom stereocenters. The highest BCUT2D eigenvalue weighted by molar-refractivity contribution is 6.06. The molecule has 0 fully saturated rings. The smallest absolute Gasteiger partial charge is 0.262 e. The first-order chi connectivity index (χ1) is 18.8. The highest BCUT2D eigenvalue weighted by Gasteiger charge is 2.42. The highest BCUT2D eigenvalue weighted by Crippen LogP contribution is 2.49. The highest BCUT2D eigenvalue weighted by atomic mass is 16.5.